The maximum absolute atomic E-state index is 12.6. The standard InChI is InChI=1S/C16H12N2O2/c1-9(19)12-8-13-15-11(6-7-17-13)10-4-2-3-5-14(10)18(15)16(12)20/h2-9,19H,1H3. The monoisotopic (exact) mass is 264 g/mol. The second kappa shape index (κ2) is 3.77. The Bertz CT molecular complexity index is 1000. The van der Waals surface area contributed by atoms with Crippen molar-refractivity contribution in [3.8, 4) is 0 Å². The van der Waals surface area contributed by atoms with Crippen molar-refractivity contribution in [2.45, 2.75) is 13.0 Å². The minimum Gasteiger partial charge on any atom is -0.388 e. The molecule has 98 valence electrons. The van der Waals surface area contributed by atoms with E-state index in [1.807, 2.05) is 30.3 Å². The number of para-hydroxylation sites is 1. The molecule has 0 saturated heterocycles. The third-order valence-electron chi connectivity index (χ3n) is 3.80. The molecule has 0 saturated carbocycles. The number of aliphatic hydroxyl groups is 1. The fraction of sp³-hybridized carbons (Fsp3) is 0.125. The second-order valence-corrected chi connectivity index (χ2v) is 5.03. The van der Waals surface area contributed by atoms with Gasteiger partial charge in [-0.3, -0.25) is 14.2 Å². The summed E-state index contributed by atoms with van der Waals surface area (Å²) in [7, 11) is 0. The molecule has 1 atom stereocenters. The van der Waals surface area contributed by atoms with Crippen molar-refractivity contribution >= 4 is 27.3 Å². The number of fused-ring (bicyclic) bond motifs is 3. The van der Waals surface area contributed by atoms with Crippen LogP contribution in [0.3, 0.4) is 0 Å². The van der Waals surface area contributed by atoms with E-state index in [1.165, 1.54) is 0 Å². The summed E-state index contributed by atoms with van der Waals surface area (Å²) in [5, 5.41) is 11.8. The summed E-state index contributed by atoms with van der Waals surface area (Å²) in [6.07, 6.45) is 0.925. The predicted octanol–water partition coefficient (Wildman–Crippen LogP) is 2.49. The van der Waals surface area contributed by atoms with Crippen LogP contribution in [-0.2, 0) is 0 Å². The van der Waals surface area contributed by atoms with Gasteiger partial charge < -0.3 is 5.11 Å². The van der Waals surface area contributed by atoms with Crippen molar-refractivity contribution in [2.75, 3.05) is 0 Å². The third kappa shape index (κ3) is 1.29. The molecule has 0 aliphatic carbocycles. The third-order valence-corrected chi connectivity index (χ3v) is 3.80. The van der Waals surface area contributed by atoms with Crippen LogP contribution in [0.4, 0.5) is 0 Å². The maximum atomic E-state index is 12.6. The van der Waals surface area contributed by atoms with Crippen LogP contribution in [0.15, 0.2) is 47.4 Å². The van der Waals surface area contributed by atoms with E-state index in [2.05, 4.69) is 4.98 Å². The first kappa shape index (κ1) is 11.4. The van der Waals surface area contributed by atoms with Crippen LogP contribution in [0.5, 0.6) is 0 Å². The molecule has 4 aromatic rings. The first-order valence-electron chi connectivity index (χ1n) is 6.51. The lowest BCUT2D eigenvalue weighted by atomic mass is 10.1. The molecule has 20 heavy (non-hydrogen) atoms. The van der Waals surface area contributed by atoms with Gasteiger partial charge in [-0.05, 0) is 25.1 Å². The number of rotatable bonds is 1. The summed E-state index contributed by atoms with van der Waals surface area (Å²) in [5.74, 6) is 0. The van der Waals surface area contributed by atoms with Crippen molar-refractivity contribution in [1.29, 1.82) is 0 Å². The zero-order chi connectivity index (χ0) is 13.9. The highest BCUT2D eigenvalue weighted by Gasteiger charge is 2.17. The van der Waals surface area contributed by atoms with Crippen LogP contribution < -0.4 is 5.56 Å². The van der Waals surface area contributed by atoms with Crippen LogP contribution in [0.1, 0.15) is 18.6 Å². The molecule has 0 fully saturated rings. The summed E-state index contributed by atoms with van der Waals surface area (Å²) < 4.78 is 1.66. The number of pyridine rings is 2. The fourth-order valence-corrected chi connectivity index (χ4v) is 2.89. The average molecular weight is 264 g/mol. The van der Waals surface area contributed by atoms with Gasteiger partial charge in [0.2, 0.25) is 0 Å². The molecule has 0 spiro atoms. The van der Waals surface area contributed by atoms with Crippen LogP contribution in [0.2, 0.25) is 0 Å². The Balaban J connectivity index is 2.42. The van der Waals surface area contributed by atoms with E-state index in [0.717, 1.165) is 27.3 Å². The summed E-state index contributed by atoms with van der Waals surface area (Å²) in [5.41, 5.74) is 2.61. The molecule has 0 aliphatic heterocycles. The zero-order valence-corrected chi connectivity index (χ0v) is 10.9. The lowest BCUT2D eigenvalue weighted by Crippen LogP contribution is -2.19. The minimum absolute atomic E-state index is 0.174. The molecule has 0 radical (unpaired) electrons. The highest BCUT2D eigenvalue weighted by atomic mass is 16.3. The van der Waals surface area contributed by atoms with Gasteiger partial charge in [-0.25, -0.2) is 0 Å². The number of nitrogens with zero attached hydrogens (tertiary/aromatic N) is 2. The molecule has 4 nitrogen and oxygen atoms in total. The molecule has 0 amide bonds. The van der Waals surface area contributed by atoms with Crippen molar-refractivity contribution in [3.63, 3.8) is 0 Å². The molecule has 4 heteroatoms. The quantitative estimate of drug-likeness (QED) is 0.574. The Hall–Kier alpha value is -2.46. The Kier molecular flexibility index (Phi) is 2.15. The second-order valence-electron chi connectivity index (χ2n) is 5.03. The highest BCUT2D eigenvalue weighted by molar-refractivity contribution is 6.12. The molecular formula is C16H12N2O2. The first-order chi connectivity index (χ1) is 9.68. The molecule has 1 unspecified atom stereocenters. The lowest BCUT2D eigenvalue weighted by molar-refractivity contribution is 0.197. The number of benzene rings is 1. The Morgan fingerprint density at radius 3 is 2.80 bits per heavy atom. The van der Waals surface area contributed by atoms with Gasteiger partial charge in [0.15, 0.2) is 0 Å². The maximum Gasteiger partial charge on any atom is 0.261 e. The van der Waals surface area contributed by atoms with Gasteiger partial charge in [-0.2, -0.15) is 0 Å². The summed E-state index contributed by atoms with van der Waals surface area (Å²) in [6, 6.07) is 11.4. The predicted molar refractivity (Wildman–Crippen MR) is 78.3 cm³/mol. The van der Waals surface area contributed by atoms with Crippen molar-refractivity contribution < 1.29 is 5.11 Å². The fourth-order valence-electron chi connectivity index (χ4n) is 2.89. The van der Waals surface area contributed by atoms with Crippen molar-refractivity contribution in [1.82, 2.24) is 9.38 Å². The molecule has 0 bridgehead atoms. The van der Waals surface area contributed by atoms with Gasteiger partial charge >= 0.3 is 0 Å². The minimum atomic E-state index is -0.811. The van der Waals surface area contributed by atoms with Gasteiger partial charge in [-0.15, -0.1) is 0 Å². The molecule has 0 aliphatic rings. The summed E-state index contributed by atoms with van der Waals surface area (Å²) in [6.45, 7) is 1.60. The average Bonchev–Trinajstić information content (AvgIpc) is 2.79. The van der Waals surface area contributed by atoms with Crippen LogP contribution in [0, 0.1) is 0 Å². The Morgan fingerprint density at radius 2 is 2.00 bits per heavy atom. The molecular weight excluding hydrogens is 252 g/mol. The summed E-state index contributed by atoms with van der Waals surface area (Å²) >= 11 is 0. The zero-order valence-electron chi connectivity index (χ0n) is 10.9. The van der Waals surface area contributed by atoms with Gasteiger partial charge in [0.1, 0.15) is 0 Å². The molecule has 3 aromatic heterocycles. The van der Waals surface area contributed by atoms with E-state index in [0.29, 0.717) is 5.56 Å². The van der Waals surface area contributed by atoms with Gasteiger partial charge in [-0.1, -0.05) is 18.2 Å². The smallest absolute Gasteiger partial charge is 0.261 e. The van der Waals surface area contributed by atoms with Gasteiger partial charge in [0.25, 0.3) is 5.56 Å². The van der Waals surface area contributed by atoms with Gasteiger partial charge in [0, 0.05) is 22.5 Å². The molecule has 4 rings (SSSR count). The SMILES string of the molecule is CC(O)c1cc2nccc3c4ccccc4n(c1=O)c23. The summed E-state index contributed by atoms with van der Waals surface area (Å²) in [4.78, 5) is 17.0. The molecule has 1 aromatic carbocycles. The first-order valence-corrected chi connectivity index (χ1v) is 6.51. The van der Waals surface area contributed by atoms with Gasteiger partial charge in [0.05, 0.1) is 22.7 Å². The number of aromatic nitrogens is 2. The Labute approximate surface area is 114 Å². The van der Waals surface area contributed by atoms with Crippen LogP contribution >= 0.6 is 0 Å². The lowest BCUT2D eigenvalue weighted by Gasteiger charge is -2.07. The Morgan fingerprint density at radius 1 is 1.20 bits per heavy atom. The van der Waals surface area contributed by atoms with E-state index in [-0.39, 0.29) is 5.56 Å². The highest BCUT2D eigenvalue weighted by Crippen LogP contribution is 2.30. The normalized spacial score (nSPS) is 13.5. The molecule has 1 N–H and O–H groups in total. The van der Waals surface area contributed by atoms with E-state index >= 15 is 0 Å². The van der Waals surface area contributed by atoms with Crippen molar-refractivity contribution in [3.05, 3.63) is 58.5 Å². The van der Waals surface area contributed by atoms with E-state index in [1.54, 1.807) is 23.6 Å². The van der Waals surface area contributed by atoms with Crippen LogP contribution in [-0.4, -0.2) is 14.5 Å². The number of hydrogen-bond donors (Lipinski definition) is 1. The van der Waals surface area contributed by atoms with E-state index < -0.39 is 6.10 Å². The number of aliphatic hydroxyl groups excluding tert-OH is 1. The molecule has 3 heterocycles. The van der Waals surface area contributed by atoms with Crippen LogP contribution in [0.25, 0.3) is 27.3 Å². The van der Waals surface area contributed by atoms with E-state index in [4.69, 9.17) is 0 Å². The number of hydrogen-bond acceptors (Lipinski definition) is 3. The largest absolute Gasteiger partial charge is 0.388 e. The van der Waals surface area contributed by atoms with Crippen molar-refractivity contribution in [2.24, 2.45) is 0 Å². The van der Waals surface area contributed by atoms with E-state index in [9.17, 15) is 9.90 Å². The topological polar surface area (TPSA) is 54.6 Å².